The van der Waals surface area contributed by atoms with Gasteiger partial charge in [0.05, 0.1) is 28.8 Å². The molecule has 1 heterocycles. The van der Waals surface area contributed by atoms with Crippen molar-refractivity contribution in [1.29, 1.82) is 0 Å². The second-order valence-corrected chi connectivity index (χ2v) is 9.53. The topological polar surface area (TPSA) is 87.7 Å². The van der Waals surface area contributed by atoms with Crippen LogP contribution in [0.15, 0.2) is 59.5 Å². The molecule has 1 saturated heterocycles. The number of unbranched alkanes of at least 4 members (excludes halogenated alkanes) is 1. The molecule has 0 radical (unpaired) electrons. The van der Waals surface area contributed by atoms with Crippen LogP contribution in [0.2, 0.25) is 5.02 Å². The Morgan fingerprint density at radius 2 is 1.78 bits per heavy atom. The number of benzene rings is 2. The van der Waals surface area contributed by atoms with E-state index in [0.29, 0.717) is 17.3 Å². The van der Waals surface area contributed by atoms with E-state index in [9.17, 15) is 13.2 Å². The maximum atomic E-state index is 12.5. The Labute approximate surface area is 194 Å². The Balaban J connectivity index is 1.43. The highest BCUT2D eigenvalue weighted by atomic mass is 35.5. The number of anilines is 1. The number of hydrogen-bond donors (Lipinski definition) is 2. The summed E-state index contributed by atoms with van der Waals surface area (Å²) in [6, 6.07) is 12.9. The van der Waals surface area contributed by atoms with Crippen LogP contribution in [0, 0.1) is 0 Å². The predicted molar refractivity (Wildman–Crippen MR) is 127 cm³/mol. The van der Waals surface area contributed by atoms with Crippen LogP contribution in [0.25, 0.3) is 6.08 Å². The van der Waals surface area contributed by atoms with Crippen molar-refractivity contribution in [2.75, 3.05) is 44.1 Å². The lowest BCUT2D eigenvalue weighted by molar-refractivity contribution is -0.116. The van der Waals surface area contributed by atoms with E-state index in [1.165, 1.54) is 18.2 Å². The second-order valence-electron chi connectivity index (χ2n) is 7.44. The molecule has 0 saturated carbocycles. The van der Waals surface area contributed by atoms with Gasteiger partial charge in [-0.05, 0) is 55.3 Å². The number of para-hydroxylation sites is 1. The van der Waals surface area contributed by atoms with E-state index in [2.05, 4.69) is 14.9 Å². The molecule has 32 heavy (non-hydrogen) atoms. The summed E-state index contributed by atoms with van der Waals surface area (Å²) in [5.41, 5.74) is 1.05. The molecule has 1 amide bonds. The van der Waals surface area contributed by atoms with Crippen molar-refractivity contribution in [3.63, 3.8) is 0 Å². The molecule has 1 aliphatic heterocycles. The molecule has 3 rings (SSSR count). The number of nitrogens with zero attached hydrogens (tertiary/aromatic N) is 1. The average Bonchev–Trinajstić information content (AvgIpc) is 2.80. The van der Waals surface area contributed by atoms with Crippen LogP contribution in [0.4, 0.5) is 5.69 Å². The normalized spacial score (nSPS) is 15.0. The van der Waals surface area contributed by atoms with Crippen LogP contribution >= 0.6 is 11.6 Å². The number of carbonyl (C=O) groups is 1. The van der Waals surface area contributed by atoms with Crippen molar-refractivity contribution in [2.24, 2.45) is 0 Å². The van der Waals surface area contributed by atoms with Gasteiger partial charge >= 0.3 is 0 Å². The summed E-state index contributed by atoms with van der Waals surface area (Å²) in [7, 11) is -3.76. The van der Waals surface area contributed by atoms with Crippen LogP contribution in [0.3, 0.4) is 0 Å². The highest BCUT2D eigenvalue weighted by Crippen LogP contribution is 2.24. The highest BCUT2D eigenvalue weighted by Gasteiger charge is 2.15. The van der Waals surface area contributed by atoms with Crippen molar-refractivity contribution in [3.05, 3.63) is 65.2 Å². The van der Waals surface area contributed by atoms with E-state index in [4.69, 9.17) is 16.3 Å². The summed E-state index contributed by atoms with van der Waals surface area (Å²) in [6.07, 6.45) is 5.05. The predicted octanol–water partition coefficient (Wildman–Crippen LogP) is 3.38. The molecule has 1 fully saturated rings. The smallest absolute Gasteiger partial charge is 0.261 e. The van der Waals surface area contributed by atoms with Crippen molar-refractivity contribution in [2.45, 2.75) is 17.7 Å². The van der Waals surface area contributed by atoms with E-state index < -0.39 is 10.0 Å². The molecule has 0 spiro atoms. The minimum Gasteiger partial charge on any atom is -0.379 e. The monoisotopic (exact) mass is 477 g/mol. The Kier molecular flexibility index (Phi) is 9.11. The SMILES string of the molecule is O=C(/C=C/c1ccc(S(=O)(=O)Nc2ccccc2Cl)cc1)NCCCCN1CCOCC1. The zero-order valence-electron chi connectivity index (χ0n) is 17.8. The third kappa shape index (κ3) is 7.63. The molecule has 0 aromatic heterocycles. The summed E-state index contributed by atoms with van der Waals surface area (Å²) in [5.74, 6) is -0.173. The number of ether oxygens (including phenoxy) is 1. The van der Waals surface area contributed by atoms with Crippen molar-refractivity contribution in [3.8, 4) is 0 Å². The van der Waals surface area contributed by atoms with Gasteiger partial charge < -0.3 is 10.1 Å². The lowest BCUT2D eigenvalue weighted by Gasteiger charge is -2.26. The lowest BCUT2D eigenvalue weighted by Crippen LogP contribution is -2.37. The molecule has 0 atom stereocenters. The van der Waals surface area contributed by atoms with Crippen LogP contribution in [-0.4, -0.2) is 58.6 Å². The first-order valence-electron chi connectivity index (χ1n) is 10.6. The fourth-order valence-electron chi connectivity index (χ4n) is 3.23. The lowest BCUT2D eigenvalue weighted by atomic mass is 10.2. The van der Waals surface area contributed by atoms with Gasteiger partial charge in [0.15, 0.2) is 0 Å². The summed E-state index contributed by atoms with van der Waals surface area (Å²) in [6.45, 7) is 5.20. The zero-order chi connectivity index (χ0) is 22.8. The van der Waals surface area contributed by atoms with Crippen LogP contribution in [-0.2, 0) is 19.6 Å². The molecule has 2 aromatic rings. The molecular formula is C23H28ClN3O4S. The summed E-state index contributed by atoms with van der Waals surface area (Å²) in [5, 5.41) is 3.19. The third-order valence-corrected chi connectivity index (χ3v) is 6.75. The molecule has 2 aromatic carbocycles. The molecular weight excluding hydrogens is 450 g/mol. The zero-order valence-corrected chi connectivity index (χ0v) is 19.4. The quantitative estimate of drug-likeness (QED) is 0.404. The van der Waals surface area contributed by atoms with E-state index in [1.54, 1.807) is 42.5 Å². The van der Waals surface area contributed by atoms with Crippen LogP contribution < -0.4 is 10.0 Å². The molecule has 7 nitrogen and oxygen atoms in total. The Hall–Kier alpha value is -2.39. The standard InChI is InChI=1S/C23H28ClN3O4S/c24-21-5-1-2-6-22(21)26-32(29,30)20-10-7-19(8-11-20)9-12-23(28)25-13-3-4-14-27-15-17-31-18-16-27/h1-2,5-12,26H,3-4,13-18H2,(H,25,28)/b12-9+. The number of sulfonamides is 1. The van der Waals surface area contributed by atoms with Gasteiger partial charge in [-0.2, -0.15) is 0 Å². The fraction of sp³-hybridized carbons (Fsp3) is 0.348. The summed E-state index contributed by atoms with van der Waals surface area (Å²) >= 11 is 6.02. The maximum absolute atomic E-state index is 12.5. The minimum absolute atomic E-state index is 0.110. The van der Waals surface area contributed by atoms with Gasteiger partial charge in [-0.3, -0.25) is 14.4 Å². The van der Waals surface area contributed by atoms with Gasteiger partial charge in [0, 0.05) is 25.7 Å². The van der Waals surface area contributed by atoms with Gasteiger partial charge in [-0.25, -0.2) is 8.42 Å². The van der Waals surface area contributed by atoms with E-state index in [-0.39, 0.29) is 10.8 Å². The first-order chi connectivity index (χ1) is 15.4. The van der Waals surface area contributed by atoms with Crippen molar-refractivity contribution < 1.29 is 17.9 Å². The average molecular weight is 478 g/mol. The number of nitrogens with one attached hydrogen (secondary N) is 2. The molecule has 0 bridgehead atoms. The van der Waals surface area contributed by atoms with Gasteiger partial charge in [-0.1, -0.05) is 35.9 Å². The molecule has 2 N–H and O–H groups in total. The minimum atomic E-state index is -3.76. The van der Waals surface area contributed by atoms with Crippen molar-refractivity contribution >= 4 is 39.3 Å². The molecule has 1 aliphatic rings. The Bertz CT molecular complexity index is 1020. The highest BCUT2D eigenvalue weighted by molar-refractivity contribution is 7.92. The van der Waals surface area contributed by atoms with Gasteiger partial charge in [-0.15, -0.1) is 0 Å². The first-order valence-corrected chi connectivity index (χ1v) is 12.4. The number of amides is 1. The van der Waals surface area contributed by atoms with Gasteiger partial charge in [0.2, 0.25) is 5.91 Å². The van der Waals surface area contributed by atoms with Gasteiger partial charge in [0.25, 0.3) is 10.0 Å². The Morgan fingerprint density at radius 3 is 2.50 bits per heavy atom. The number of morpholine rings is 1. The van der Waals surface area contributed by atoms with Crippen molar-refractivity contribution in [1.82, 2.24) is 10.2 Å². The number of carbonyl (C=O) groups excluding carboxylic acids is 1. The van der Waals surface area contributed by atoms with E-state index in [0.717, 1.165) is 51.3 Å². The summed E-state index contributed by atoms with van der Waals surface area (Å²) in [4.78, 5) is 14.5. The molecule has 9 heteroatoms. The van der Waals surface area contributed by atoms with Crippen LogP contribution in [0.5, 0.6) is 0 Å². The largest absolute Gasteiger partial charge is 0.379 e. The fourth-order valence-corrected chi connectivity index (χ4v) is 4.55. The number of rotatable bonds is 10. The first kappa shape index (κ1) is 24.3. The van der Waals surface area contributed by atoms with E-state index >= 15 is 0 Å². The number of halogens is 1. The Morgan fingerprint density at radius 1 is 1.06 bits per heavy atom. The summed E-state index contributed by atoms with van der Waals surface area (Å²) < 4.78 is 32.9. The van der Waals surface area contributed by atoms with Gasteiger partial charge in [0.1, 0.15) is 0 Å². The molecule has 172 valence electrons. The maximum Gasteiger partial charge on any atom is 0.261 e. The number of hydrogen-bond acceptors (Lipinski definition) is 5. The second kappa shape index (κ2) is 12.0. The molecule has 0 aliphatic carbocycles. The van der Waals surface area contributed by atoms with Crippen LogP contribution in [0.1, 0.15) is 18.4 Å². The molecule has 0 unspecified atom stereocenters. The van der Waals surface area contributed by atoms with E-state index in [1.807, 2.05) is 0 Å². The third-order valence-electron chi connectivity index (χ3n) is 5.04.